The van der Waals surface area contributed by atoms with E-state index in [9.17, 15) is 4.21 Å². The summed E-state index contributed by atoms with van der Waals surface area (Å²) in [5.41, 5.74) is 4.14. The van der Waals surface area contributed by atoms with Gasteiger partial charge in [-0.05, 0) is 31.2 Å². The summed E-state index contributed by atoms with van der Waals surface area (Å²) in [5.74, 6) is 0.606. The fraction of sp³-hybridized carbons (Fsp3) is 0.286. The third-order valence-electron chi connectivity index (χ3n) is 4.33. The molecule has 0 radical (unpaired) electrons. The Hall–Kier alpha value is -2.24. The van der Waals surface area contributed by atoms with Crippen LogP contribution < -0.4 is 0 Å². The molecule has 0 amide bonds. The van der Waals surface area contributed by atoms with E-state index in [2.05, 4.69) is 34.3 Å². The van der Waals surface area contributed by atoms with Crippen molar-refractivity contribution < 1.29 is 4.21 Å². The Morgan fingerprint density at radius 1 is 1.08 bits per heavy atom. The Balaban J connectivity index is 1.68. The van der Waals surface area contributed by atoms with E-state index in [4.69, 9.17) is 0 Å². The molecule has 3 rings (SSSR count). The first-order valence-corrected chi connectivity index (χ1v) is 10.2. The fourth-order valence-corrected chi connectivity index (χ4v) is 4.57. The number of hydrogen-bond donors (Lipinski definition) is 1. The molecule has 2 aromatic carbocycles. The highest BCUT2D eigenvalue weighted by molar-refractivity contribution is 7.85. The molecule has 0 aliphatic carbocycles. The van der Waals surface area contributed by atoms with Crippen LogP contribution in [-0.4, -0.2) is 38.7 Å². The Labute approximate surface area is 157 Å². The van der Waals surface area contributed by atoms with Crippen LogP contribution in [0.2, 0.25) is 0 Å². The summed E-state index contributed by atoms with van der Waals surface area (Å²) in [4.78, 5) is 2.21. The van der Waals surface area contributed by atoms with Gasteiger partial charge < -0.3 is 4.90 Å². The summed E-state index contributed by atoms with van der Waals surface area (Å²) in [6.45, 7) is 3.60. The Kier molecular flexibility index (Phi) is 6.36. The zero-order valence-electron chi connectivity index (χ0n) is 15.3. The average Bonchev–Trinajstić information content (AvgIpc) is 3.08. The topological polar surface area (TPSA) is 49.0 Å². The monoisotopic (exact) mass is 367 g/mol. The summed E-state index contributed by atoms with van der Waals surface area (Å²) in [5, 5.41) is 7.15. The molecule has 136 valence electrons. The van der Waals surface area contributed by atoms with Crippen molar-refractivity contribution in [3.63, 3.8) is 0 Å². The van der Waals surface area contributed by atoms with Gasteiger partial charge in [0, 0.05) is 35.3 Å². The van der Waals surface area contributed by atoms with Crippen LogP contribution in [0.5, 0.6) is 0 Å². The van der Waals surface area contributed by atoms with Gasteiger partial charge in [0.05, 0.1) is 5.69 Å². The van der Waals surface area contributed by atoms with Crippen molar-refractivity contribution in [1.82, 2.24) is 15.1 Å². The number of nitrogens with one attached hydrogen (secondary N) is 1. The van der Waals surface area contributed by atoms with Crippen LogP contribution in [-0.2, 0) is 17.3 Å². The number of benzene rings is 2. The molecule has 0 aliphatic heterocycles. The molecule has 26 heavy (non-hydrogen) atoms. The first-order valence-electron chi connectivity index (χ1n) is 8.80. The second kappa shape index (κ2) is 8.92. The quantitative estimate of drug-likeness (QED) is 0.661. The molecule has 0 bridgehead atoms. The third kappa shape index (κ3) is 4.90. The van der Waals surface area contributed by atoms with Crippen molar-refractivity contribution in [2.24, 2.45) is 0 Å². The van der Waals surface area contributed by atoms with Gasteiger partial charge in [0.25, 0.3) is 0 Å². The van der Waals surface area contributed by atoms with E-state index in [0.717, 1.165) is 30.0 Å². The van der Waals surface area contributed by atoms with Crippen molar-refractivity contribution in [1.29, 1.82) is 0 Å². The molecule has 3 aromatic rings. The number of H-pyrrole nitrogens is 1. The zero-order chi connectivity index (χ0) is 18.4. The van der Waals surface area contributed by atoms with Gasteiger partial charge in [0.2, 0.25) is 0 Å². The number of aromatic amines is 1. The lowest BCUT2D eigenvalue weighted by Crippen LogP contribution is -2.25. The van der Waals surface area contributed by atoms with Gasteiger partial charge in [0.15, 0.2) is 0 Å². The second-order valence-electron chi connectivity index (χ2n) is 6.57. The molecule has 5 heteroatoms. The van der Waals surface area contributed by atoms with E-state index < -0.39 is 10.8 Å². The molecule has 2 atom stereocenters. The molecule has 0 fully saturated rings. The highest BCUT2D eigenvalue weighted by Gasteiger charge is 2.23. The smallest absolute Gasteiger partial charge is 0.104 e. The van der Waals surface area contributed by atoms with Gasteiger partial charge in [-0.1, -0.05) is 60.7 Å². The summed E-state index contributed by atoms with van der Waals surface area (Å²) >= 11 is 0. The minimum Gasteiger partial charge on any atom is -0.301 e. The van der Waals surface area contributed by atoms with Crippen molar-refractivity contribution in [2.75, 3.05) is 19.3 Å². The van der Waals surface area contributed by atoms with Crippen LogP contribution in [0, 0.1) is 6.92 Å². The SMILES string of the molecule is Cc1cc(C(c2ccccc2)S(=O)CCN(C)Cc2ccccc2)n[nH]1. The molecule has 2 unspecified atom stereocenters. The first kappa shape index (κ1) is 18.5. The minimum atomic E-state index is -1.05. The van der Waals surface area contributed by atoms with E-state index in [0.29, 0.717) is 5.75 Å². The molecule has 0 saturated carbocycles. The Bertz CT molecular complexity index is 833. The van der Waals surface area contributed by atoms with Crippen LogP contribution in [0.15, 0.2) is 66.7 Å². The van der Waals surface area contributed by atoms with Crippen molar-refractivity contribution >= 4 is 10.8 Å². The lowest BCUT2D eigenvalue weighted by molar-refractivity contribution is 0.347. The second-order valence-corrected chi connectivity index (χ2v) is 8.22. The molecule has 4 nitrogen and oxygen atoms in total. The molecular weight excluding hydrogens is 342 g/mol. The summed E-state index contributed by atoms with van der Waals surface area (Å²) < 4.78 is 13.1. The molecule has 1 heterocycles. The summed E-state index contributed by atoms with van der Waals surface area (Å²) in [7, 11) is 1.02. The van der Waals surface area contributed by atoms with Crippen LogP contribution in [0.25, 0.3) is 0 Å². The maximum Gasteiger partial charge on any atom is 0.104 e. The lowest BCUT2D eigenvalue weighted by atomic mass is 10.1. The summed E-state index contributed by atoms with van der Waals surface area (Å²) in [6, 6.07) is 22.4. The standard InChI is InChI=1S/C21H25N3OS/c1-17-15-20(23-22-17)21(19-11-7-4-8-12-19)26(25)14-13-24(2)16-18-9-5-3-6-10-18/h3-12,15,21H,13-14,16H2,1-2H3,(H,22,23). The number of aromatic nitrogens is 2. The van der Waals surface area contributed by atoms with Gasteiger partial charge in [-0.2, -0.15) is 5.10 Å². The van der Waals surface area contributed by atoms with E-state index in [1.54, 1.807) is 0 Å². The summed E-state index contributed by atoms with van der Waals surface area (Å²) in [6.07, 6.45) is 0. The largest absolute Gasteiger partial charge is 0.301 e. The van der Waals surface area contributed by atoms with Gasteiger partial charge in [0.1, 0.15) is 5.25 Å². The molecular formula is C21H25N3OS. The lowest BCUT2D eigenvalue weighted by Gasteiger charge is -2.19. The van der Waals surface area contributed by atoms with Crippen LogP contribution in [0.3, 0.4) is 0 Å². The third-order valence-corrected chi connectivity index (χ3v) is 5.95. The predicted molar refractivity (Wildman–Crippen MR) is 107 cm³/mol. The molecule has 0 saturated heterocycles. The molecule has 0 spiro atoms. The van der Waals surface area contributed by atoms with Gasteiger partial charge in [-0.3, -0.25) is 9.31 Å². The number of hydrogen-bond acceptors (Lipinski definition) is 3. The maximum atomic E-state index is 13.1. The average molecular weight is 368 g/mol. The van der Waals surface area contributed by atoms with Crippen LogP contribution in [0.1, 0.15) is 27.8 Å². The maximum absolute atomic E-state index is 13.1. The van der Waals surface area contributed by atoms with Gasteiger partial charge in [-0.25, -0.2) is 0 Å². The van der Waals surface area contributed by atoms with E-state index in [1.165, 1.54) is 5.56 Å². The zero-order valence-corrected chi connectivity index (χ0v) is 16.1. The Morgan fingerprint density at radius 3 is 2.35 bits per heavy atom. The number of nitrogens with zero attached hydrogens (tertiary/aromatic N) is 2. The first-order chi connectivity index (χ1) is 12.6. The van der Waals surface area contributed by atoms with E-state index in [1.807, 2.05) is 61.5 Å². The highest BCUT2D eigenvalue weighted by Crippen LogP contribution is 2.27. The normalized spacial score (nSPS) is 13.7. The molecule has 1 aromatic heterocycles. The number of aryl methyl sites for hydroxylation is 1. The predicted octanol–water partition coefficient (Wildman–Crippen LogP) is 3.69. The van der Waals surface area contributed by atoms with Crippen LogP contribution >= 0.6 is 0 Å². The Morgan fingerprint density at radius 2 is 1.73 bits per heavy atom. The minimum absolute atomic E-state index is 0.203. The van der Waals surface area contributed by atoms with Crippen molar-refractivity contribution in [2.45, 2.75) is 18.7 Å². The van der Waals surface area contributed by atoms with Crippen LogP contribution in [0.4, 0.5) is 0 Å². The van der Waals surface area contributed by atoms with Crippen molar-refractivity contribution in [3.05, 3.63) is 89.2 Å². The van der Waals surface area contributed by atoms with Gasteiger partial charge >= 0.3 is 0 Å². The van der Waals surface area contributed by atoms with E-state index >= 15 is 0 Å². The van der Waals surface area contributed by atoms with E-state index in [-0.39, 0.29) is 5.25 Å². The highest BCUT2D eigenvalue weighted by atomic mass is 32.2. The number of rotatable bonds is 8. The van der Waals surface area contributed by atoms with Crippen molar-refractivity contribution in [3.8, 4) is 0 Å². The molecule has 1 N–H and O–H groups in total. The fourth-order valence-electron chi connectivity index (χ4n) is 3.00. The molecule has 0 aliphatic rings. The van der Waals surface area contributed by atoms with Gasteiger partial charge in [-0.15, -0.1) is 0 Å².